The number of fused-ring (bicyclic) bond motifs is 1. The number of ether oxygens (including phenoxy) is 2. The molecule has 204 valence electrons. The van der Waals surface area contributed by atoms with E-state index in [1.165, 1.54) is 0 Å². The molecule has 9 nitrogen and oxygen atoms in total. The molecule has 0 aliphatic heterocycles. The minimum Gasteiger partial charge on any atom is -0.459 e. The van der Waals surface area contributed by atoms with Crippen molar-refractivity contribution in [2.75, 3.05) is 6.54 Å². The third-order valence-corrected chi connectivity index (χ3v) is 5.88. The molecule has 0 aliphatic rings. The smallest absolute Gasteiger partial charge is 0.408 e. The molecule has 0 saturated carbocycles. The minimum atomic E-state index is -0.970. The first-order valence-electron chi connectivity index (χ1n) is 12.9. The first-order chi connectivity index (χ1) is 18.2. The Labute approximate surface area is 223 Å². The highest BCUT2D eigenvalue weighted by molar-refractivity contribution is 5.90. The Balaban J connectivity index is 1.78. The lowest BCUT2D eigenvalue weighted by Gasteiger charge is -2.25. The number of aromatic amines is 1. The molecule has 1 aromatic heterocycles. The summed E-state index contributed by atoms with van der Waals surface area (Å²) in [5.74, 6) is -1.06. The van der Waals surface area contributed by atoms with Crippen LogP contribution in [0.15, 0.2) is 60.8 Å². The fourth-order valence-electron chi connectivity index (χ4n) is 4.03. The number of nitrogens with two attached hydrogens (primary N) is 1. The second-order valence-corrected chi connectivity index (χ2v) is 10.2. The molecule has 0 fully saturated rings. The van der Waals surface area contributed by atoms with Gasteiger partial charge in [-0.2, -0.15) is 0 Å². The average Bonchev–Trinajstić information content (AvgIpc) is 3.28. The molecule has 0 bridgehead atoms. The van der Waals surface area contributed by atoms with Crippen LogP contribution >= 0.6 is 0 Å². The van der Waals surface area contributed by atoms with Crippen LogP contribution in [0.5, 0.6) is 0 Å². The van der Waals surface area contributed by atoms with Crippen molar-refractivity contribution >= 4 is 28.9 Å². The van der Waals surface area contributed by atoms with E-state index in [1.807, 2.05) is 60.8 Å². The van der Waals surface area contributed by atoms with Crippen LogP contribution in [0.2, 0.25) is 0 Å². The van der Waals surface area contributed by atoms with Gasteiger partial charge >= 0.3 is 12.1 Å². The summed E-state index contributed by atoms with van der Waals surface area (Å²) >= 11 is 0. The molecule has 3 rings (SSSR count). The maximum absolute atomic E-state index is 13.4. The molecule has 3 aromatic rings. The third-order valence-electron chi connectivity index (χ3n) is 5.88. The molecule has 38 heavy (non-hydrogen) atoms. The number of para-hydroxylation sites is 1. The summed E-state index contributed by atoms with van der Waals surface area (Å²) < 4.78 is 10.9. The maximum Gasteiger partial charge on any atom is 0.408 e. The van der Waals surface area contributed by atoms with Crippen LogP contribution in [0, 0.1) is 0 Å². The molecule has 2 aromatic carbocycles. The predicted molar refractivity (Wildman–Crippen MR) is 146 cm³/mol. The van der Waals surface area contributed by atoms with Crippen LogP contribution in [0.25, 0.3) is 10.9 Å². The molecule has 0 saturated heterocycles. The van der Waals surface area contributed by atoms with Crippen molar-refractivity contribution in [1.29, 1.82) is 0 Å². The number of rotatable bonds is 12. The second-order valence-electron chi connectivity index (χ2n) is 10.2. The normalized spacial score (nSPS) is 12.9. The molecule has 0 unspecified atom stereocenters. The van der Waals surface area contributed by atoms with E-state index in [0.717, 1.165) is 22.0 Å². The zero-order valence-electron chi connectivity index (χ0n) is 22.3. The van der Waals surface area contributed by atoms with Crippen LogP contribution in [-0.4, -0.2) is 47.2 Å². The highest BCUT2D eigenvalue weighted by Gasteiger charge is 2.29. The van der Waals surface area contributed by atoms with Gasteiger partial charge in [0.05, 0.1) is 0 Å². The number of unbranched alkanes of at least 4 members (excludes halogenated alkanes) is 1. The highest BCUT2D eigenvalue weighted by Crippen LogP contribution is 2.20. The predicted octanol–water partition coefficient (Wildman–Crippen LogP) is 3.96. The number of alkyl carbamates (subject to hydrolysis) is 1. The number of aromatic nitrogens is 1. The van der Waals surface area contributed by atoms with E-state index in [0.29, 0.717) is 25.8 Å². The standard InChI is InChI=1S/C29H38N4O5/c1-29(2,3)38-28(36)33-24(15-9-10-16-30)26(34)32-25(27(35)37-19-20-11-5-4-6-12-20)17-21-18-31-23-14-8-7-13-22(21)23/h4-8,11-14,18,24-25,31H,9-10,15-17,19,30H2,1-3H3,(H,32,34)(H,33,36)/t24-,25+/m0/s1. The number of hydrogen-bond donors (Lipinski definition) is 4. The van der Waals surface area contributed by atoms with Gasteiger partial charge in [-0.1, -0.05) is 48.5 Å². The van der Waals surface area contributed by atoms with Crippen molar-refractivity contribution in [3.63, 3.8) is 0 Å². The second kappa shape index (κ2) is 13.6. The van der Waals surface area contributed by atoms with E-state index in [9.17, 15) is 14.4 Å². The van der Waals surface area contributed by atoms with Gasteiger partial charge < -0.3 is 30.8 Å². The Bertz CT molecular complexity index is 1200. The lowest BCUT2D eigenvalue weighted by molar-refractivity contribution is -0.149. The van der Waals surface area contributed by atoms with Crippen molar-refractivity contribution in [2.24, 2.45) is 5.73 Å². The number of nitrogens with one attached hydrogen (secondary N) is 3. The number of H-pyrrole nitrogens is 1. The highest BCUT2D eigenvalue weighted by atomic mass is 16.6. The molecular weight excluding hydrogens is 484 g/mol. The van der Waals surface area contributed by atoms with Gasteiger partial charge in [-0.3, -0.25) is 4.79 Å². The third kappa shape index (κ3) is 8.92. The van der Waals surface area contributed by atoms with Gasteiger partial charge in [0.15, 0.2) is 0 Å². The molecule has 5 N–H and O–H groups in total. The van der Waals surface area contributed by atoms with Gasteiger partial charge in [0.1, 0.15) is 24.3 Å². The number of hydrogen-bond acceptors (Lipinski definition) is 6. The zero-order chi connectivity index (χ0) is 27.5. The Kier molecular flexibility index (Phi) is 10.3. The van der Waals surface area contributed by atoms with E-state index in [1.54, 1.807) is 20.8 Å². The van der Waals surface area contributed by atoms with Gasteiger partial charge in [0, 0.05) is 23.5 Å². The number of amides is 2. The maximum atomic E-state index is 13.4. The largest absolute Gasteiger partial charge is 0.459 e. The van der Waals surface area contributed by atoms with E-state index < -0.39 is 35.7 Å². The number of esters is 1. The van der Waals surface area contributed by atoms with E-state index in [4.69, 9.17) is 15.2 Å². The molecular formula is C29H38N4O5. The molecule has 0 spiro atoms. The van der Waals surface area contributed by atoms with Gasteiger partial charge in [0.2, 0.25) is 5.91 Å². The Morgan fingerprint density at radius 1 is 0.947 bits per heavy atom. The van der Waals surface area contributed by atoms with Crippen LogP contribution in [0.4, 0.5) is 4.79 Å². The van der Waals surface area contributed by atoms with Crippen molar-refractivity contribution in [3.8, 4) is 0 Å². The summed E-state index contributed by atoms with van der Waals surface area (Å²) in [6, 6.07) is 15.2. The average molecular weight is 523 g/mol. The number of carbonyl (C=O) groups is 3. The zero-order valence-corrected chi connectivity index (χ0v) is 22.3. The number of carbonyl (C=O) groups excluding carboxylic acids is 3. The van der Waals surface area contributed by atoms with Crippen LogP contribution in [-0.2, 0) is 32.1 Å². The molecule has 1 heterocycles. The summed E-state index contributed by atoms with van der Waals surface area (Å²) in [5, 5.41) is 6.43. The lowest BCUT2D eigenvalue weighted by Crippen LogP contribution is -2.53. The number of benzene rings is 2. The van der Waals surface area contributed by atoms with E-state index in [-0.39, 0.29) is 13.0 Å². The van der Waals surface area contributed by atoms with Crippen molar-refractivity contribution < 1.29 is 23.9 Å². The Morgan fingerprint density at radius 3 is 2.37 bits per heavy atom. The summed E-state index contributed by atoms with van der Waals surface area (Å²) in [6.07, 6.45) is 3.00. The van der Waals surface area contributed by atoms with Gasteiger partial charge in [-0.25, -0.2) is 9.59 Å². The van der Waals surface area contributed by atoms with Crippen molar-refractivity contribution in [2.45, 2.75) is 70.7 Å². The van der Waals surface area contributed by atoms with Gasteiger partial charge in [0.25, 0.3) is 0 Å². The molecule has 2 atom stereocenters. The summed E-state index contributed by atoms with van der Waals surface area (Å²) in [4.78, 5) is 42.3. The lowest BCUT2D eigenvalue weighted by atomic mass is 10.0. The van der Waals surface area contributed by atoms with Crippen molar-refractivity contribution in [3.05, 3.63) is 71.9 Å². The minimum absolute atomic E-state index is 0.0794. The van der Waals surface area contributed by atoms with Crippen LogP contribution in [0.3, 0.4) is 0 Å². The summed E-state index contributed by atoms with van der Waals surface area (Å²) in [7, 11) is 0. The first-order valence-corrected chi connectivity index (χ1v) is 12.9. The molecule has 0 aliphatic carbocycles. The quantitative estimate of drug-likeness (QED) is 0.210. The first kappa shape index (κ1) is 28.7. The topological polar surface area (TPSA) is 136 Å². The van der Waals surface area contributed by atoms with E-state index >= 15 is 0 Å². The van der Waals surface area contributed by atoms with E-state index in [2.05, 4.69) is 15.6 Å². The Hall–Kier alpha value is -3.85. The molecule has 9 heteroatoms. The van der Waals surface area contributed by atoms with Crippen LogP contribution < -0.4 is 16.4 Å². The Morgan fingerprint density at radius 2 is 1.66 bits per heavy atom. The fraction of sp³-hybridized carbons (Fsp3) is 0.414. The SMILES string of the molecule is CC(C)(C)OC(=O)N[C@@H](CCCCN)C(=O)N[C@H](Cc1c[nH]c2ccccc12)C(=O)OCc1ccccc1. The molecule has 2 amide bonds. The summed E-state index contributed by atoms with van der Waals surface area (Å²) in [6.45, 7) is 5.79. The molecule has 0 radical (unpaired) electrons. The monoisotopic (exact) mass is 522 g/mol. The van der Waals surface area contributed by atoms with Gasteiger partial charge in [-0.05, 0) is 63.8 Å². The van der Waals surface area contributed by atoms with Gasteiger partial charge in [-0.15, -0.1) is 0 Å². The summed E-state index contributed by atoms with van der Waals surface area (Å²) in [5.41, 5.74) is 7.53. The van der Waals surface area contributed by atoms with Crippen molar-refractivity contribution in [1.82, 2.24) is 15.6 Å². The van der Waals surface area contributed by atoms with Crippen LogP contribution in [0.1, 0.15) is 51.2 Å². The fourth-order valence-corrected chi connectivity index (χ4v) is 4.03.